The number of nitrogens with zero attached hydrogens (tertiary/aromatic N) is 3. The van der Waals surface area contributed by atoms with Gasteiger partial charge in [0.2, 0.25) is 11.8 Å². The molecule has 1 atom stereocenters. The SMILES string of the molecule is Cn1nc2c(c1NC(=O)[C@@H]1CC(=O)N(Cc3ccccc3Cl)C1)CSC2. The van der Waals surface area contributed by atoms with Crippen molar-refractivity contribution in [2.24, 2.45) is 13.0 Å². The molecule has 26 heavy (non-hydrogen) atoms. The zero-order valence-electron chi connectivity index (χ0n) is 14.4. The number of thioether (sulfide) groups is 1. The summed E-state index contributed by atoms with van der Waals surface area (Å²) in [6.45, 7) is 0.838. The molecule has 0 radical (unpaired) electrons. The monoisotopic (exact) mass is 390 g/mol. The van der Waals surface area contributed by atoms with E-state index in [1.165, 1.54) is 0 Å². The average Bonchev–Trinajstić information content (AvgIpc) is 3.28. The second-order valence-electron chi connectivity index (χ2n) is 6.65. The molecule has 1 N–H and O–H groups in total. The van der Waals surface area contributed by atoms with Crippen LogP contribution in [0, 0.1) is 5.92 Å². The van der Waals surface area contributed by atoms with Crippen molar-refractivity contribution in [3.63, 3.8) is 0 Å². The molecular weight excluding hydrogens is 372 g/mol. The molecule has 1 fully saturated rings. The number of aromatic nitrogens is 2. The molecule has 0 spiro atoms. The maximum atomic E-state index is 12.7. The van der Waals surface area contributed by atoms with Gasteiger partial charge in [0, 0.05) is 48.6 Å². The van der Waals surface area contributed by atoms with Gasteiger partial charge in [0.25, 0.3) is 0 Å². The van der Waals surface area contributed by atoms with Crippen LogP contribution in [0.5, 0.6) is 0 Å². The van der Waals surface area contributed by atoms with Crippen LogP contribution in [0.4, 0.5) is 5.82 Å². The predicted molar refractivity (Wildman–Crippen MR) is 102 cm³/mol. The highest BCUT2D eigenvalue weighted by Gasteiger charge is 2.35. The molecule has 0 unspecified atom stereocenters. The predicted octanol–water partition coefficient (Wildman–Crippen LogP) is 2.81. The second kappa shape index (κ2) is 6.96. The van der Waals surface area contributed by atoms with Crippen LogP contribution in [-0.4, -0.2) is 33.0 Å². The Morgan fingerprint density at radius 1 is 1.38 bits per heavy atom. The van der Waals surface area contributed by atoms with Crippen molar-refractivity contribution in [3.05, 3.63) is 46.1 Å². The smallest absolute Gasteiger partial charge is 0.230 e. The first-order chi connectivity index (χ1) is 12.5. The Bertz CT molecular complexity index is 882. The summed E-state index contributed by atoms with van der Waals surface area (Å²) in [6, 6.07) is 7.47. The fourth-order valence-corrected chi connectivity index (χ4v) is 4.68. The topological polar surface area (TPSA) is 67.2 Å². The van der Waals surface area contributed by atoms with Gasteiger partial charge in [-0.25, -0.2) is 0 Å². The Labute approximate surface area is 160 Å². The van der Waals surface area contributed by atoms with E-state index in [-0.39, 0.29) is 24.2 Å². The van der Waals surface area contributed by atoms with Crippen LogP contribution in [0.3, 0.4) is 0 Å². The number of rotatable bonds is 4. The summed E-state index contributed by atoms with van der Waals surface area (Å²) in [5.41, 5.74) is 3.03. The number of hydrogen-bond donors (Lipinski definition) is 1. The normalized spacial score (nSPS) is 19.1. The van der Waals surface area contributed by atoms with Gasteiger partial charge in [0.05, 0.1) is 11.6 Å². The third-order valence-electron chi connectivity index (χ3n) is 4.86. The van der Waals surface area contributed by atoms with Gasteiger partial charge in [-0.1, -0.05) is 29.8 Å². The van der Waals surface area contributed by atoms with Gasteiger partial charge in [0.15, 0.2) is 0 Å². The van der Waals surface area contributed by atoms with Crippen molar-refractivity contribution in [1.82, 2.24) is 14.7 Å². The number of hydrogen-bond acceptors (Lipinski definition) is 4. The minimum absolute atomic E-state index is 0.0177. The lowest BCUT2D eigenvalue weighted by Crippen LogP contribution is -2.28. The van der Waals surface area contributed by atoms with Crippen molar-refractivity contribution in [2.45, 2.75) is 24.5 Å². The van der Waals surface area contributed by atoms with E-state index >= 15 is 0 Å². The van der Waals surface area contributed by atoms with Crippen LogP contribution in [0.2, 0.25) is 5.02 Å². The minimum Gasteiger partial charge on any atom is -0.337 e. The van der Waals surface area contributed by atoms with Crippen molar-refractivity contribution in [2.75, 3.05) is 11.9 Å². The fourth-order valence-electron chi connectivity index (χ4n) is 3.45. The molecular formula is C18H19ClN4O2S. The zero-order valence-corrected chi connectivity index (χ0v) is 15.9. The number of amides is 2. The molecule has 1 aromatic carbocycles. The van der Waals surface area contributed by atoms with Gasteiger partial charge in [-0.2, -0.15) is 16.9 Å². The number of nitrogens with one attached hydrogen (secondary N) is 1. The zero-order chi connectivity index (χ0) is 18.3. The Kier molecular flexibility index (Phi) is 4.67. The Morgan fingerprint density at radius 3 is 3.00 bits per heavy atom. The first kappa shape index (κ1) is 17.4. The summed E-state index contributed by atoms with van der Waals surface area (Å²) >= 11 is 7.98. The van der Waals surface area contributed by atoms with E-state index in [4.69, 9.17) is 11.6 Å². The second-order valence-corrected chi connectivity index (χ2v) is 8.04. The molecule has 0 bridgehead atoms. The van der Waals surface area contributed by atoms with Crippen molar-refractivity contribution >= 4 is 41.0 Å². The van der Waals surface area contributed by atoms with Gasteiger partial charge in [-0.05, 0) is 11.6 Å². The van der Waals surface area contributed by atoms with Crippen LogP contribution >= 0.6 is 23.4 Å². The number of likely N-dealkylation sites (tertiary alicyclic amines) is 1. The van der Waals surface area contributed by atoms with Gasteiger partial charge in [-0.15, -0.1) is 0 Å². The molecule has 136 valence electrons. The fraction of sp³-hybridized carbons (Fsp3) is 0.389. The van der Waals surface area contributed by atoms with Gasteiger partial charge in [0.1, 0.15) is 5.82 Å². The molecule has 1 aromatic heterocycles. The number of carbonyl (C=O) groups excluding carboxylic acids is 2. The molecule has 2 amide bonds. The Morgan fingerprint density at radius 2 is 2.19 bits per heavy atom. The van der Waals surface area contributed by atoms with E-state index < -0.39 is 0 Å². The molecule has 6 nitrogen and oxygen atoms in total. The van der Waals surface area contributed by atoms with E-state index in [0.29, 0.717) is 18.1 Å². The van der Waals surface area contributed by atoms with Crippen LogP contribution in [0.15, 0.2) is 24.3 Å². The van der Waals surface area contributed by atoms with Crippen molar-refractivity contribution in [1.29, 1.82) is 0 Å². The molecule has 2 aliphatic heterocycles. The summed E-state index contributed by atoms with van der Waals surface area (Å²) in [6.07, 6.45) is 0.227. The number of fused-ring (bicyclic) bond motifs is 1. The summed E-state index contributed by atoms with van der Waals surface area (Å²) in [7, 11) is 1.84. The first-order valence-electron chi connectivity index (χ1n) is 8.47. The lowest BCUT2D eigenvalue weighted by atomic mass is 10.1. The molecule has 2 aliphatic rings. The van der Waals surface area contributed by atoms with Crippen molar-refractivity contribution in [3.8, 4) is 0 Å². The van der Waals surface area contributed by atoms with Crippen LogP contribution < -0.4 is 5.32 Å². The third kappa shape index (κ3) is 3.21. The maximum Gasteiger partial charge on any atom is 0.230 e. The minimum atomic E-state index is -0.357. The van der Waals surface area contributed by atoms with E-state index in [1.807, 2.05) is 31.3 Å². The molecule has 2 aromatic rings. The van der Waals surface area contributed by atoms with Crippen molar-refractivity contribution < 1.29 is 9.59 Å². The maximum absolute atomic E-state index is 12.7. The summed E-state index contributed by atoms with van der Waals surface area (Å²) in [4.78, 5) is 26.8. The van der Waals surface area contributed by atoms with E-state index in [0.717, 1.165) is 34.1 Å². The van der Waals surface area contributed by atoms with E-state index in [9.17, 15) is 9.59 Å². The molecule has 1 saturated heterocycles. The molecule has 0 aliphatic carbocycles. The Hall–Kier alpha value is -1.99. The highest BCUT2D eigenvalue weighted by atomic mass is 35.5. The molecule has 8 heteroatoms. The molecule has 3 heterocycles. The highest BCUT2D eigenvalue weighted by molar-refractivity contribution is 7.98. The quantitative estimate of drug-likeness (QED) is 0.871. The highest BCUT2D eigenvalue weighted by Crippen LogP contribution is 2.34. The lowest BCUT2D eigenvalue weighted by Gasteiger charge is -2.17. The summed E-state index contributed by atoms with van der Waals surface area (Å²) in [5.74, 6) is 2.00. The first-order valence-corrected chi connectivity index (χ1v) is 10.0. The van der Waals surface area contributed by atoms with Gasteiger partial charge >= 0.3 is 0 Å². The van der Waals surface area contributed by atoms with E-state index in [1.54, 1.807) is 21.3 Å². The number of aryl methyl sites for hydroxylation is 1. The average molecular weight is 391 g/mol. The van der Waals surface area contributed by atoms with Crippen LogP contribution in [0.1, 0.15) is 23.2 Å². The Balaban J connectivity index is 1.44. The van der Waals surface area contributed by atoms with E-state index in [2.05, 4.69) is 10.4 Å². The standard InChI is InChI=1S/C18H19ClN4O2S/c1-22-17(13-9-26-10-15(13)21-22)20-18(25)12-6-16(24)23(8-12)7-11-4-2-3-5-14(11)19/h2-5,12H,6-10H2,1H3,(H,20,25)/t12-/m1/s1. The van der Waals surface area contributed by atoms with Crippen LogP contribution in [0.25, 0.3) is 0 Å². The number of halogens is 1. The lowest BCUT2D eigenvalue weighted by molar-refractivity contribution is -0.128. The largest absolute Gasteiger partial charge is 0.337 e. The molecule has 4 rings (SSSR count). The number of anilines is 1. The molecule has 0 saturated carbocycles. The summed E-state index contributed by atoms with van der Waals surface area (Å²) < 4.78 is 1.72. The van der Waals surface area contributed by atoms with Crippen LogP contribution in [-0.2, 0) is 34.7 Å². The van der Waals surface area contributed by atoms with Gasteiger partial charge in [-0.3, -0.25) is 14.3 Å². The third-order valence-corrected chi connectivity index (χ3v) is 6.20. The summed E-state index contributed by atoms with van der Waals surface area (Å²) in [5, 5.41) is 8.08. The number of carbonyl (C=O) groups is 2. The van der Waals surface area contributed by atoms with Gasteiger partial charge < -0.3 is 10.2 Å². The number of benzene rings is 1.